The monoisotopic (exact) mass is 282 g/mol. The first-order valence-electron chi connectivity index (χ1n) is 6.53. The summed E-state index contributed by atoms with van der Waals surface area (Å²) >= 11 is 0. The lowest BCUT2D eigenvalue weighted by atomic mass is 10.2. The SMILES string of the molecule is Cc1ccccc1OCc1cnc2ccc(C(=O)O)cn12. The number of benzene rings is 1. The molecule has 3 rings (SSSR count). The van der Waals surface area contributed by atoms with E-state index in [4.69, 9.17) is 9.84 Å². The zero-order valence-electron chi connectivity index (χ0n) is 11.5. The summed E-state index contributed by atoms with van der Waals surface area (Å²) in [4.78, 5) is 15.3. The van der Waals surface area contributed by atoms with E-state index in [1.165, 1.54) is 6.07 Å². The van der Waals surface area contributed by atoms with Crippen LogP contribution < -0.4 is 4.74 Å². The van der Waals surface area contributed by atoms with Crippen molar-refractivity contribution in [1.29, 1.82) is 0 Å². The Morgan fingerprint density at radius 1 is 1.29 bits per heavy atom. The second-order valence-electron chi connectivity index (χ2n) is 4.75. The number of aromatic nitrogens is 2. The van der Waals surface area contributed by atoms with Crippen LogP contribution in [0.2, 0.25) is 0 Å². The maximum atomic E-state index is 11.0. The first-order chi connectivity index (χ1) is 10.1. The topological polar surface area (TPSA) is 63.8 Å². The maximum absolute atomic E-state index is 11.0. The van der Waals surface area contributed by atoms with Gasteiger partial charge in [-0.1, -0.05) is 18.2 Å². The van der Waals surface area contributed by atoms with E-state index in [0.29, 0.717) is 12.3 Å². The minimum absolute atomic E-state index is 0.220. The van der Waals surface area contributed by atoms with Crippen molar-refractivity contribution in [1.82, 2.24) is 9.38 Å². The second kappa shape index (κ2) is 5.28. The number of fused-ring (bicyclic) bond motifs is 1. The number of ether oxygens (including phenoxy) is 1. The molecule has 1 aromatic carbocycles. The fraction of sp³-hybridized carbons (Fsp3) is 0.125. The van der Waals surface area contributed by atoms with Crippen LogP contribution in [-0.2, 0) is 6.61 Å². The van der Waals surface area contributed by atoms with E-state index < -0.39 is 5.97 Å². The van der Waals surface area contributed by atoms with Gasteiger partial charge in [0, 0.05) is 6.20 Å². The lowest BCUT2D eigenvalue weighted by Crippen LogP contribution is -2.03. The molecule has 0 spiro atoms. The number of rotatable bonds is 4. The highest BCUT2D eigenvalue weighted by atomic mass is 16.5. The van der Waals surface area contributed by atoms with E-state index in [1.54, 1.807) is 22.9 Å². The summed E-state index contributed by atoms with van der Waals surface area (Å²) in [6.07, 6.45) is 3.25. The molecular formula is C16H14N2O3. The normalized spacial score (nSPS) is 10.7. The number of para-hydroxylation sites is 1. The van der Waals surface area contributed by atoms with Crippen molar-refractivity contribution in [2.45, 2.75) is 13.5 Å². The summed E-state index contributed by atoms with van der Waals surface area (Å²) in [5.74, 6) is -0.154. The zero-order valence-corrected chi connectivity index (χ0v) is 11.5. The molecule has 0 saturated heterocycles. The molecule has 0 aliphatic heterocycles. The number of aromatic carboxylic acids is 1. The number of carboxylic acid groups (broad SMARTS) is 1. The molecule has 3 aromatic rings. The largest absolute Gasteiger partial charge is 0.487 e. The quantitative estimate of drug-likeness (QED) is 0.799. The van der Waals surface area contributed by atoms with Gasteiger partial charge in [0.1, 0.15) is 18.0 Å². The Labute approximate surface area is 121 Å². The van der Waals surface area contributed by atoms with Gasteiger partial charge in [0.25, 0.3) is 0 Å². The highest BCUT2D eigenvalue weighted by molar-refractivity contribution is 5.87. The van der Waals surface area contributed by atoms with Gasteiger partial charge in [-0.2, -0.15) is 0 Å². The molecule has 0 aliphatic carbocycles. The van der Waals surface area contributed by atoms with Crippen molar-refractivity contribution in [3.8, 4) is 5.75 Å². The Bertz CT molecular complexity index is 808. The van der Waals surface area contributed by atoms with Gasteiger partial charge < -0.3 is 9.84 Å². The van der Waals surface area contributed by atoms with Crippen molar-refractivity contribution in [3.05, 3.63) is 65.6 Å². The number of nitrogens with zero attached hydrogens (tertiary/aromatic N) is 2. The van der Waals surface area contributed by atoms with E-state index in [9.17, 15) is 4.79 Å². The van der Waals surface area contributed by atoms with Crippen molar-refractivity contribution >= 4 is 11.6 Å². The van der Waals surface area contributed by atoms with Crippen LogP contribution in [0.1, 0.15) is 21.6 Å². The van der Waals surface area contributed by atoms with E-state index >= 15 is 0 Å². The molecule has 0 unspecified atom stereocenters. The lowest BCUT2D eigenvalue weighted by molar-refractivity contribution is 0.0696. The Balaban J connectivity index is 1.89. The van der Waals surface area contributed by atoms with Crippen LogP contribution in [0.4, 0.5) is 0 Å². The van der Waals surface area contributed by atoms with Gasteiger partial charge in [0.05, 0.1) is 17.5 Å². The van der Waals surface area contributed by atoms with Crippen LogP contribution in [0.15, 0.2) is 48.8 Å². The summed E-state index contributed by atoms with van der Waals surface area (Å²) < 4.78 is 7.52. The third kappa shape index (κ3) is 2.58. The summed E-state index contributed by atoms with van der Waals surface area (Å²) in [5, 5.41) is 9.05. The average molecular weight is 282 g/mol. The van der Waals surface area contributed by atoms with Crippen molar-refractivity contribution in [3.63, 3.8) is 0 Å². The number of aryl methyl sites for hydroxylation is 1. The number of hydrogen-bond donors (Lipinski definition) is 1. The predicted octanol–water partition coefficient (Wildman–Crippen LogP) is 2.92. The van der Waals surface area contributed by atoms with Gasteiger partial charge in [-0.25, -0.2) is 9.78 Å². The molecule has 0 amide bonds. The first-order valence-corrected chi connectivity index (χ1v) is 6.53. The Morgan fingerprint density at radius 3 is 2.86 bits per heavy atom. The van der Waals surface area contributed by atoms with Gasteiger partial charge in [-0.05, 0) is 30.7 Å². The minimum atomic E-state index is -0.962. The standard InChI is InChI=1S/C16H14N2O3/c1-11-4-2-3-5-14(11)21-10-13-8-17-15-7-6-12(16(19)20)9-18(13)15/h2-9H,10H2,1H3,(H,19,20). The molecule has 106 valence electrons. The van der Waals surface area contributed by atoms with Crippen molar-refractivity contribution in [2.75, 3.05) is 0 Å². The van der Waals surface area contributed by atoms with Gasteiger partial charge >= 0.3 is 5.97 Å². The number of pyridine rings is 1. The predicted molar refractivity (Wildman–Crippen MR) is 77.7 cm³/mol. The molecule has 2 heterocycles. The Hall–Kier alpha value is -2.82. The van der Waals surface area contributed by atoms with Gasteiger partial charge in [0.15, 0.2) is 0 Å². The number of carboxylic acids is 1. The lowest BCUT2D eigenvalue weighted by Gasteiger charge is -2.08. The highest BCUT2D eigenvalue weighted by Crippen LogP contribution is 2.18. The summed E-state index contributed by atoms with van der Waals surface area (Å²) in [5.41, 5.74) is 2.77. The van der Waals surface area contributed by atoms with Gasteiger partial charge in [-0.3, -0.25) is 4.40 Å². The molecule has 0 saturated carbocycles. The number of imidazole rings is 1. The molecule has 0 fully saturated rings. The van der Waals surface area contributed by atoms with Crippen LogP contribution >= 0.6 is 0 Å². The van der Waals surface area contributed by atoms with E-state index in [-0.39, 0.29) is 5.56 Å². The average Bonchev–Trinajstić information content (AvgIpc) is 2.88. The molecular weight excluding hydrogens is 268 g/mol. The van der Waals surface area contributed by atoms with Crippen molar-refractivity contribution in [2.24, 2.45) is 0 Å². The van der Waals surface area contributed by atoms with Gasteiger partial charge in [0.2, 0.25) is 0 Å². The summed E-state index contributed by atoms with van der Waals surface area (Å²) in [6.45, 7) is 2.31. The van der Waals surface area contributed by atoms with Crippen molar-refractivity contribution < 1.29 is 14.6 Å². The molecule has 21 heavy (non-hydrogen) atoms. The van der Waals surface area contributed by atoms with Crippen LogP contribution in [-0.4, -0.2) is 20.5 Å². The van der Waals surface area contributed by atoms with E-state index in [1.807, 2.05) is 31.2 Å². The first kappa shape index (κ1) is 13.2. The van der Waals surface area contributed by atoms with Crippen LogP contribution in [0, 0.1) is 6.92 Å². The Morgan fingerprint density at radius 2 is 2.10 bits per heavy atom. The molecule has 1 N–H and O–H groups in total. The van der Waals surface area contributed by atoms with Gasteiger partial charge in [-0.15, -0.1) is 0 Å². The van der Waals surface area contributed by atoms with Crippen LogP contribution in [0.25, 0.3) is 5.65 Å². The van der Waals surface area contributed by atoms with E-state index in [2.05, 4.69) is 4.98 Å². The maximum Gasteiger partial charge on any atom is 0.337 e. The zero-order chi connectivity index (χ0) is 14.8. The van der Waals surface area contributed by atoms with Crippen LogP contribution in [0.5, 0.6) is 5.75 Å². The van der Waals surface area contributed by atoms with Crippen LogP contribution in [0.3, 0.4) is 0 Å². The number of carbonyl (C=O) groups is 1. The smallest absolute Gasteiger partial charge is 0.337 e. The molecule has 0 radical (unpaired) electrons. The van der Waals surface area contributed by atoms with E-state index in [0.717, 1.165) is 17.0 Å². The Kier molecular flexibility index (Phi) is 3.31. The molecule has 5 heteroatoms. The molecule has 0 bridgehead atoms. The minimum Gasteiger partial charge on any atom is -0.487 e. The second-order valence-corrected chi connectivity index (χ2v) is 4.75. The summed E-state index contributed by atoms with van der Waals surface area (Å²) in [6, 6.07) is 11.0. The summed E-state index contributed by atoms with van der Waals surface area (Å²) in [7, 11) is 0. The third-order valence-electron chi connectivity index (χ3n) is 3.30. The molecule has 2 aromatic heterocycles. The molecule has 0 atom stereocenters. The fourth-order valence-corrected chi connectivity index (χ4v) is 2.13. The molecule has 5 nitrogen and oxygen atoms in total. The third-order valence-corrected chi connectivity index (χ3v) is 3.30. The highest BCUT2D eigenvalue weighted by Gasteiger charge is 2.09. The number of hydrogen-bond acceptors (Lipinski definition) is 3. The molecule has 0 aliphatic rings. The fourth-order valence-electron chi connectivity index (χ4n) is 2.13.